The summed E-state index contributed by atoms with van der Waals surface area (Å²) in [5, 5.41) is 5.96. The second kappa shape index (κ2) is 16.9. The Hall–Kier alpha value is -2.95. The van der Waals surface area contributed by atoms with Crippen LogP contribution in [0, 0.1) is 11.8 Å². The summed E-state index contributed by atoms with van der Waals surface area (Å²) >= 11 is 13.4. The minimum Gasteiger partial charge on any atom is -0.467 e. The maximum atomic E-state index is 13.6. The number of carbonyl (C=O) groups excluding carboxylic acids is 4. The van der Waals surface area contributed by atoms with Crippen LogP contribution in [0.4, 0.5) is 4.79 Å². The number of hydrogen-bond donors (Lipinski definition) is 3. The van der Waals surface area contributed by atoms with Crippen LogP contribution in [0.1, 0.15) is 68.6 Å². The summed E-state index contributed by atoms with van der Waals surface area (Å²) in [5.74, 6) is -1.24. The third kappa shape index (κ3) is 10.3. The lowest BCUT2D eigenvalue weighted by Gasteiger charge is -2.27. The molecule has 3 N–H and O–H groups in total. The molecule has 12 heteroatoms. The van der Waals surface area contributed by atoms with Crippen molar-refractivity contribution in [3.63, 3.8) is 0 Å². The first-order valence-corrected chi connectivity index (χ1v) is 16.6. The van der Waals surface area contributed by atoms with Crippen LogP contribution in [0.2, 0.25) is 10.0 Å². The highest BCUT2D eigenvalue weighted by molar-refractivity contribution is 7.99. The predicted molar refractivity (Wildman–Crippen MR) is 171 cm³/mol. The van der Waals surface area contributed by atoms with E-state index in [0.29, 0.717) is 47.3 Å². The molecule has 3 amide bonds. The first kappa shape index (κ1) is 33.9. The van der Waals surface area contributed by atoms with Crippen molar-refractivity contribution in [1.82, 2.24) is 15.4 Å². The molecule has 2 fully saturated rings. The van der Waals surface area contributed by atoms with Gasteiger partial charge in [0.2, 0.25) is 11.8 Å². The van der Waals surface area contributed by atoms with Crippen molar-refractivity contribution < 1.29 is 28.7 Å². The molecule has 1 aliphatic heterocycles. The zero-order valence-corrected chi connectivity index (χ0v) is 27.0. The zero-order valence-electron chi connectivity index (χ0n) is 24.7. The fourth-order valence-corrected chi connectivity index (χ4v) is 7.04. The van der Waals surface area contributed by atoms with E-state index in [4.69, 9.17) is 32.7 Å². The molecule has 9 nitrogen and oxygen atoms in total. The van der Waals surface area contributed by atoms with Gasteiger partial charge in [-0.05, 0) is 72.5 Å². The second-order valence-corrected chi connectivity index (χ2v) is 13.2. The van der Waals surface area contributed by atoms with Crippen molar-refractivity contribution in [3.8, 4) is 0 Å². The Morgan fingerprint density at radius 1 is 1.00 bits per heavy atom. The Balaban J connectivity index is 1.45. The summed E-state index contributed by atoms with van der Waals surface area (Å²) in [7, 11) is 1.25. The van der Waals surface area contributed by atoms with Crippen LogP contribution in [0.15, 0.2) is 48.5 Å². The van der Waals surface area contributed by atoms with Crippen LogP contribution in [0.25, 0.3) is 0 Å². The minimum absolute atomic E-state index is 0.141. The number of ether oxygens (including phenoxy) is 2. The number of esters is 1. The van der Waals surface area contributed by atoms with E-state index < -0.39 is 35.4 Å². The third-order valence-electron chi connectivity index (χ3n) is 8.11. The molecule has 0 radical (unpaired) electrons. The van der Waals surface area contributed by atoms with Crippen molar-refractivity contribution in [2.45, 2.75) is 75.2 Å². The largest absolute Gasteiger partial charge is 0.467 e. The van der Waals surface area contributed by atoms with E-state index in [-0.39, 0.29) is 18.2 Å². The number of amides is 3. The zero-order chi connectivity index (χ0) is 31.5. The molecule has 0 aromatic heterocycles. The van der Waals surface area contributed by atoms with Gasteiger partial charge in [0.05, 0.1) is 7.11 Å². The Kier molecular flexibility index (Phi) is 13.1. The Bertz CT molecular complexity index is 1310. The van der Waals surface area contributed by atoms with E-state index in [0.717, 1.165) is 49.6 Å². The van der Waals surface area contributed by atoms with Crippen LogP contribution < -0.4 is 15.4 Å². The molecule has 2 aromatic carbocycles. The van der Waals surface area contributed by atoms with Crippen molar-refractivity contribution in [3.05, 3.63) is 69.7 Å². The van der Waals surface area contributed by atoms with E-state index in [9.17, 15) is 19.2 Å². The fraction of sp³-hybridized carbons (Fsp3) is 0.500. The topological polar surface area (TPSA) is 123 Å². The number of carbonyl (C=O) groups is 4. The summed E-state index contributed by atoms with van der Waals surface area (Å²) in [6.45, 7) is 0.533. The summed E-state index contributed by atoms with van der Waals surface area (Å²) < 4.78 is 13.5. The number of benzene rings is 2. The molecule has 1 aliphatic carbocycles. The molecule has 1 saturated heterocycles. The summed E-state index contributed by atoms with van der Waals surface area (Å²) in [6, 6.07) is 13.4. The molecule has 0 spiro atoms. The quantitative estimate of drug-likeness (QED) is 0.173. The normalized spacial score (nSPS) is 18.9. The van der Waals surface area contributed by atoms with Crippen LogP contribution in [-0.2, 0) is 30.3 Å². The molecule has 238 valence electrons. The molecule has 1 saturated carbocycles. The highest BCUT2D eigenvalue weighted by Gasteiger charge is 2.34. The minimum atomic E-state index is -0.979. The highest BCUT2D eigenvalue weighted by Crippen LogP contribution is 2.31. The average Bonchev–Trinajstić information content (AvgIpc) is 3.42. The monoisotopic (exact) mass is 663 g/mol. The lowest BCUT2D eigenvalue weighted by atomic mass is 9.86. The molecule has 4 atom stereocenters. The van der Waals surface area contributed by atoms with E-state index >= 15 is 0 Å². The van der Waals surface area contributed by atoms with Gasteiger partial charge in [-0.15, -0.1) is 0 Å². The Morgan fingerprint density at radius 2 is 1.73 bits per heavy atom. The third-order valence-corrected chi connectivity index (χ3v) is 9.56. The molecule has 44 heavy (non-hydrogen) atoms. The molecule has 1 heterocycles. The van der Waals surface area contributed by atoms with Gasteiger partial charge < -0.3 is 20.1 Å². The van der Waals surface area contributed by atoms with E-state index in [1.807, 2.05) is 24.3 Å². The average molecular weight is 665 g/mol. The van der Waals surface area contributed by atoms with Crippen LogP contribution in [0.3, 0.4) is 0 Å². The first-order valence-electron chi connectivity index (χ1n) is 15.0. The van der Waals surface area contributed by atoms with Gasteiger partial charge >= 0.3 is 12.1 Å². The van der Waals surface area contributed by atoms with Crippen LogP contribution >= 0.6 is 35.1 Å². The number of halogens is 2. The van der Waals surface area contributed by atoms with Gasteiger partial charge in [-0.2, -0.15) is 0 Å². The van der Waals surface area contributed by atoms with Crippen LogP contribution in [0.5, 0.6) is 0 Å². The van der Waals surface area contributed by atoms with E-state index in [1.54, 1.807) is 24.3 Å². The fourth-order valence-electron chi connectivity index (χ4n) is 5.79. The van der Waals surface area contributed by atoms with Gasteiger partial charge in [0.25, 0.3) is 0 Å². The number of methoxy groups -OCH3 is 1. The van der Waals surface area contributed by atoms with Crippen molar-refractivity contribution in [2.24, 2.45) is 11.8 Å². The first-order chi connectivity index (χ1) is 21.2. The Labute approximate surface area is 272 Å². The van der Waals surface area contributed by atoms with E-state index in [2.05, 4.69) is 15.4 Å². The molecule has 2 aliphatic rings. The maximum Gasteiger partial charge on any atom is 0.417 e. The van der Waals surface area contributed by atoms with Crippen molar-refractivity contribution in [1.29, 1.82) is 0 Å². The second-order valence-electron chi connectivity index (χ2n) is 11.3. The van der Waals surface area contributed by atoms with Gasteiger partial charge in [-0.1, -0.05) is 79.6 Å². The summed E-state index contributed by atoms with van der Waals surface area (Å²) in [6.07, 6.45) is 5.56. The highest BCUT2D eigenvalue weighted by atomic mass is 35.5. The Morgan fingerprint density at radius 3 is 2.39 bits per heavy atom. The molecule has 0 bridgehead atoms. The van der Waals surface area contributed by atoms with Gasteiger partial charge in [0.1, 0.15) is 17.4 Å². The molecular formula is C32H39Cl2N3O6S. The number of nitrogens with one attached hydrogen (secondary N) is 3. The standard InChI is InChI=1S/C32H39Cl2N3O6S/c1-42-31(40)26(19-23-13-14-35-29(23)38)36-30(39)28(17-20-7-3-2-4-8-20)44-37-32(41)43-27(22-10-6-12-25(34)18-22)16-21-9-5-11-24(33)15-21/h5-6,9-12,15,18,20,23,26-28H,2-4,7-8,13-14,16-17,19H2,1H3,(H,35,38)(H,36,39)(H,37,41)/t23-,26-,27?,28-/m0/s1. The molecule has 1 unspecified atom stereocenters. The van der Waals surface area contributed by atoms with Crippen molar-refractivity contribution >= 4 is 59.0 Å². The lowest BCUT2D eigenvalue weighted by Crippen LogP contribution is -2.47. The van der Waals surface area contributed by atoms with Gasteiger partial charge in [0, 0.05) is 28.9 Å². The number of rotatable bonds is 13. The molecule has 2 aromatic rings. The van der Waals surface area contributed by atoms with Gasteiger partial charge in [-0.25, -0.2) is 9.59 Å². The summed E-state index contributed by atoms with van der Waals surface area (Å²) in [5.41, 5.74) is 1.59. The maximum absolute atomic E-state index is 13.6. The summed E-state index contributed by atoms with van der Waals surface area (Å²) in [4.78, 5) is 51.5. The van der Waals surface area contributed by atoms with Crippen LogP contribution in [-0.4, -0.2) is 48.8 Å². The van der Waals surface area contributed by atoms with Gasteiger partial charge in [0.15, 0.2) is 0 Å². The van der Waals surface area contributed by atoms with E-state index in [1.165, 1.54) is 7.11 Å². The molecule has 4 rings (SSSR count). The SMILES string of the molecule is COC(=O)[C@H](C[C@@H]1CCNC1=O)NC(=O)[C@H](CC1CCCCC1)SNC(=O)OC(Cc1cccc(Cl)c1)c1cccc(Cl)c1. The molecular weight excluding hydrogens is 625 g/mol. The smallest absolute Gasteiger partial charge is 0.417 e. The number of hydrogen-bond acceptors (Lipinski definition) is 7. The van der Waals surface area contributed by atoms with Gasteiger partial charge in [-0.3, -0.25) is 14.3 Å². The van der Waals surface area contributed by atoms with Crippen molar-refractivity contribution in [2.75, 3.05) is 13.7 Å². The predicted octanol–water partition coefficient (Wildman–Crippen LogP) is 6.17. The lowest BCUT2D eigenvalue weighted by molar-refractivity contribution is -0.145.